The number of aryl methyl sites for hydroxylation is 1. The molecule has 3 rings (SSSR count). The third kappa shape index (κ3) is 3.14. The molecule has 5 nitrogen and oxygen atoms in total. The van der Waals surface area contributed by atoms with Gasteiger partial charge in [0, 0.05) is 0 Å². The largest absolute Gasteiger partial charge is 0.347 e. The molecule has 1 aromatic carbocycles. The summed E-state index contributed by atoms with van der Waals surface area (Å²) in [4.78, 5) is 16.6. The van der Waals surface area contributed by atoms with E-state index in [2.05, 4.69) is 53.5 Å². The Labute approximate surface area is 137 Å². The van der Waals surface area contributed by atoms with E-state index in [0.717, 1.165) is 12.8 Å². The minimum absolute atomic E-state index is 0.0112. The summed E-state index contributed by atoms with van der Waals surface area (Å²) in [6.07, 6.45) is 5.23. The number of aromatic nitrogens is 3. The number of hydrogen-bond acceptors (Lipinski definition) is 3. The van der Waals surface area contributed by atoms with Gasteiger partial charge in [-0.1, -0.05) is 38.1 Å². The van der Waals surface area contributed by atoms with Gasteiger partial charge in [-0.25, -0.2) is 9.67 Å². The molecule has 1 aliphatic rings. The molecule has 0 aliphatic heterocycles. The predicted octanol–water partition coefficient (Wildman–Crippen LogP) is 2.92. The standard InChI is InChI=1S/C18H24N4O/c1-12(2)15-9-8-14-6-4-5-7-16(14)17(15)21-18(23)13(3)22-11-19-10-20-22/h4-7,10-13,15,17H,8-9H2,1-3H3,(H,21,23)/t13-,15-,17-/m0/s1. The predicted molar refractivity (Wildman–Crippen MR) is 88.7 cm³/mol. The summed E-state index contributed by atoms with van der Waals surface area (Å²) in [7, 11) is 0. The van der Waals surface area contributed by atoms with Crippen molar-refractivity contribution in [3.63, 3.8) is 0 Å². The van der Waals surface area contributed by atoms with E-state index in [4.69, 9.17) is 0 Å². The Balaban J connectivity index is 1.84. The highest BCUT2D eigenvalue weighted by Gasteiger charge is 2.33. The van der Waals surface area contributed by atoms with Crippen molar-refractivity contribution in [3.05, 3.63) is 48.0 Å². The molecule has 1 N–H and O–H groups in total. The number of carbonyl (C=O) groups excluding carboxylic acids is 1. The SMILES string of the molecule is CC(C)[C@@H]1CCc2ccccc2[C@H]1NC(=O)[C@H](C)n1cncn1. The molecule has 0 radical (unpaired) electrons. The first kappa shape index (κ1) is 15.7. The zero-order chi connectivity index (χ0) is 16.4. The quantitative estimate of drug-likeness (QED) is 0.944. The summed E-state index contributed by atoms with van der Waals surface area (Å²) in [5, 5.41) is 7.34. The van der Waals surface area contributed by atoms with Gasteiger partial charge in [-0.2, -0.15) is 5.10 Å². The maximum absolute atomic E-state index is 12.7. The van der Waals surface area contributed by atoms with Crippen LogP contribution in [0, 0.1) is 11.8 Å². The van der Waals surface area contributed by atoms with Crippen LogP contribution in [-0.4, -0.2) is 20.7 Å². The number of amides is 1. The van der Waals surface area contributed by atoms with Crippen LogP contribution in [0.2, 0.25) is 0 Å². The van der Waals surface area contributed by atoms with Crippen LogP contribution in [0.5, 0.6) is 0 Å². The second kappa shape index (κ2) is 6.52. The summed E-state index contributed by atoms with van der Waals surface area (Å²) in [5.74, 6) is 0.968. The molecular weight excluding hydrogens is 288 g/mol. The number of benzene rings is 1. The van der Waals surface area contributed by atoms with E-state index in [1.165, 1.54) is 17.5 Å². The van der Waals surface area contributed by atoms with Crippen molar-refractivity contribution in [2.75, 3.05) is 0 Å². The van der Waals surface area contributed by atoms with Gasteiger partial charge in [-0.15, -0.1) is 0 Å². The van der Waals surface area contributed by atoms with Gasteiger partial charge in [-0.3, -0.25) is 4.79 Å². The highest BCUT2D eigenvalue weighted by molar-refractivity contribution is 5.80. The lowest BCUT2D eigenvalue weighted by Gasteiger charge is -2.37. The topological polar surface area (TPSA) is 59.8 Å². The molecule has 23 heavy (non-hydrogen) atoms. The summed E-state index contributed by atoms with van der Waals surface area (Å²) in [6, 6.07) is 8.16. The molecular formula is C18H24N4O. The van der Waals surface area contributed by atoms with Gasteiger partial charge < -0.3 is 5.32 Å². The first-order valence-electron chi connectivity index (χ1n) is 8.30. The minimum atomic E-state index is -0.362. The van der Waals surface area contributed by atoms with E-state index in [1.54, 1.807) is 11.0 Å². The fourth-order valence-corrected chi connectivity index (χ4v) is 3.50. The summed E-state index contributed by atoms with van der Waals surface area (Å²) in [5.41, 5.74) is 2.61. The average Bonchev–Trinajstić information content (AvgIpc) is 3.08. The molecule has 122 valence electrons. The second-order valence-electron chi connectivity index (χ2n) is 6.68. The van der Waals surface area contributed by atoms with Gasteiger partial charge in [0.2, 0.25) is 5.91 Å². The maximum Gasteiger partial charge on any atom is 0.245 e. The van der Waals surface area contributed by atoms with Crippen molar-refractivity contribution in [1.29, 1.82) is 0 Å². The lowest BCUT2D eigenvalue weighted by molar-refractivity contribution is -0.125. The van der Waals surface area contributed by atoms with Crippen molar-refractivity contribution < 1.29 is 4.79 Å². The van der Waals surface area contributed by atoms with Crippen LogP contribution in [0.1, 0.15) is 50.4 Å². The van der Waals surface area contributed by atoms with E-state index < -0.39 is 0 Å². The smallest absolute Gasteiger partial charge is 0.245 e. The number of rotatable bonds is 4. The highest BCUT2D eigenvalue weighted by atomic mass is 16.2. The molecule has 2 aromatic rings. The van der Waals surface area contributed by atoms with E-state index in [9.17, 15) is 4.79 Å². The monoisotopic (exact) mass is 312 g/mol. The van der Waals surface area contributed by atoms with Gasteiger partial charge in [0.1, 0.15) is 18.7 Å². The van der Waals surface area contributed by atoms with Crippen molar-refractivity contribution in [3.8, 4) is 0 Å². The number of nitrogens with zero attached hydrogens (tertiary/aromatic N) is 3. The van der Waals surface area contributed by atoms with Crippen LogP contribution >= 0.6 is 0 Å². The van der Waals surface area contributed by atoms with Gasteiger partial charge >= 0.3 is 0 Å². The Morgan fingerprint density at radius 3 is 2.78 bits per heavy atom. The highest BCUT2D eigenvalue weighted by Crippen LogP contribution is 2.38. The molecule has 5 heteroatoms. The minimum Gasteiger partial charge on any atom is -0.347 e. The second-order valence-corrected chi connectivity index (χ2v) is 6.68. The first-order chi connectivity index (χ1) is 11.1. The maximum atomic E-state index is 12.7. The summed E-state index contributed by atoms with van der Waals surface area (Å²) < 4.78 is 1.59. The summed E-state index contributed by atoms with van der Waals surface area (Å²) in [6.45, 7) is 6.32. The van der Waals surface area contributed by atoms with Crippen molar-refractivity contribution in [2.45, 2.75) is 45.7 Å². The van der Waals surface area contributed by atoms with Gasteiger partial charge in [0.25, 0.3) is 0 Å². The molecule has 3 atom stereocenters. The molecule has 0 spiro atoms. The summed E-state index contributed by atoms with van der Waals surface area (Å²) >= 11 is 0. The Morgan fingerprint density at radius 2 is 2.09 bits per heavy atom. The molecule has 1 aliphatic carbocycles. The van der Waals surface area contributed by atoms with Crippen LogP contribution in [0.25, 0.3) is 0 Å². The van der Waals surface area contributed by atoms with Crippen LogP contribution in [-0.2, 0) is 11.2 Å². The molecule has 0 bridgehead atoms. The van der Waals surface area contributed by atoms with Crippen LogP contribution in [0.4, 0.5) is 0 Å². The van der Waals surface area contributed by atoms with Crippen molar-refractivity contribution in [2.24, 2.45) is 11.8 Å². The Kier molecular flexibility index (Phi) is 4.46. The van der Waals surface area contributed by atoms with E-state index >= 15 is 0 Å². The zero-order valence-corrected chi connectivity index (χ0v) is 13.9. The van der Waals surface area contributed by atoms with Gasteiger partial charge in [0.05, 0.1) is 6.04 Å². The molecule has 1 aromatic heterocycles. The molecule has 0 fully saturated rings. The fourth-order valence-electron chi connectivity index (χ4n) is 3.50. The number of nitrogens with one attached hydrogen (secondary N) is 1. The number of carbonyl (C=O) groups is 1. The molecule has 1 heterocycles. The normalized spacial score (nSPS) is 21.7. The zero-order valence-electron chi connectivity index (χ0n) is 13.9. The molecule has 0 saturated heterocycles. The van der Waals surface area contributed by atoms with E-state index in [1.807, 2.05) is 6.92 Å². The average molecular weight is 312 g/mol. The Morgan fingerprint density at radius 1 is 1.30 bits per heavy atom. The molecule has 1 amide bonds. The third-order valence-electron chi connectivity index (χ3n) is 4.93. The van der Waals surface area contributed by atoms with Crippen LogP contribution < -0.4 is 5.32 Å². The van der Waals surface area contributed by atoms with Crippen molar-refractivity contribution in [1.82, 2.24) is 20.1 Å². The van der Waals surface area contributed by atoms with Gasteiger partial charge in [-0.05, 0) is 42.7 Å². The van der Waals surface area contributed by atoms with Gasteiger partial charge in [0.15, 0.2) is 0 Å². The lowest BCUT2D eigenvalue weighted by Crippen LogP contribution is -2.41. The fraction of sp³-hybridized carbons (Fsp3) is 0.500. The Bertz CT molecular complexity index is 665. The lowest BCUT2D eigenvalue weighted by atomic mass is 9.74. The third-order valence-corrected chi connectivity index (χ3v) is 4.93. The number of fused-ring (bicyclic) bond motifs is 1. The van der Waals surface area contributed by atoms with Crippen LogP contribution in [0.3, 0.4) is 0 Å². The molecule has 0 unspecified atom stereocenters. The number of hydrogen-bond donors (Lipinski definition) is 1. The van der Waals surface area contributed by atoms with Crippen LogP contribution in [0.15, 0.2) is 36.9 Å². The molecule has 0 saturated carbocycles. The Hall–Kier alpha value is -2.17. The van der Waals surface area contributed by atoms with E-state index in [-0.39, 0.29) is 18.0 Å². The van der Waals surface area contributed by atoms with Crippen molar-refractivity contribution >= 4 is 5.91 Å². The first-order valence-corrected chi connectivity index (χ1v) is 8.30. The van der Waals surface area contributed by atoms with E-state index in [0.29, 0.717) is 11.8 Å².